The first-order chi connectivity index (χ1) is 6.58. The highest BCUT2D eigenvalue weighted by molar-refractivity contribution is 5.79. The third kappa shape index (κ3) is 1.94. The Bertz CT molecular complexity index is 226. The zero-order chi connectivity index (χ0) is 10.3. The normalized spacial score (nSPS) is 34.4. The molecule has 0 aromatic heterocycles. The van der Waals surface area contributed by atoms with Crippen molar-refractivity contribution < 1.29 is 4.79 Å². The molecule has 14 heavy (non-hydrogen) atoms. The van der Waals surface area contributed by atoms with Crippen molar-refractivity contribution in [2.45, 2.75) is 33.1 Å². The first-order valence-electron chi connectivity index (χ1n) is 5.83. The van der Waals surface area contributed by atoms with E-state index >= 15 is 0 Å². The molecule has 1 amide bonds. The number of nitrogens with zero attached hydrogens (tertiary/aromatic N) is 1. The molecular formula is C12H21NO. The lowest BCUT2D eigenvalue weighted by atomic mass is 10.0. The van der Waals surface area contributed by atoms with Gasteiger partial charge in [-0.1, -0.05) is 13.8 Å². The van der Waals surface area contributed by atoms with E-state index in [0.29, 0.717) is 17.7 Å². The molecule has 80 valence electrons. The first kappa shape index (κ1) is 10.0. The summed E-state index contributed by atoms with van der Waals surface area (Å²) in [5.74, 6) is 3.17. The van der Waals surface area contributed by atoms with E-state index in [4.69, 9.17) is 0 Å². The van der Waals surface area contributed by atoms with Gasteiger partial charge in [0.25, 0.3) is 0 Å². The van der Waals surface area contributed by atoms with Gasteiger partial charge >= 0.3 is 0 Å². The highest BCUT2D eigenvalue weighted by Crippen LogP contribution is 2.54. The summed E-state index contributed by atoms with van der Waals surface area (Å²) in [5.41, 5.74) is 0. The Morgan fingerprint density at radius 3 is 2.36 bits per heavy atom. The molecule has 0 N–H and O–H groups in total. The van der Waals surface area contributed by atoms with E-state index in [0.717, 1.165) is 18.4 Å². The minimum absolute atomic E-state index is 0.363. The summed E-state index contributed by atoms with van der Waals surface area (Å²) >= 11 is 0. The fourth-order valence-electron chi connectivity index (χ4n) is 2.87. The molecular weight excluding hydrogens is 174 g/mol. The van der Waals surface area contributed by atoms with Gasteiger partial charge in [0.15, 0.2) is 0 Å². The van der Waals surface area contributed by atoms with Crippen LogP contribution in [0, 0.1) is 23.7 Å². The van der Waals surface area contributed by atoms with Crippen LogP contribution in [0.2, 0.25) is 0 Å². The number of hydrogen-bond acceptors (Lipinski definition) is 1. The van der Waals surface area contributed by atoms with Gasteiger partial charge in [-0.2, -0.15) is 0 Å². The van der Waals surface area contributed by atoms with E-state index in [2.05, 4.69) is 13.8 Å². The van der Waals surface area contributed by atoms with Crippen molar-refractivity contribution in [3.63, 3.8) is 0 Å². The maximum absolute atomic E-state index is 12.0. The summed E-state index contributed by atoms with van der Waals surface area (Å²) in [6.07, 6.45) is 3.75. The van der Waals surface area contributed by atoms with Crippen molar-refractivity contribution >= 4 is 5.91 Å². The van der Waals surface area contributed by atoms with E-state index < -0.39 is 0 Å². The van der Waals surface area contributed by atoms with Crippen LogP contribution in [-0.2, 0) is 4.79 Å². The molecule has 2 aliphatic rings. The standard InChI is InChI=1S/C12H21NO/c1-8(2)7-13(3)12(14)11-5-9-4-10(9)6-11/h8-11H,4-7H2,1-3H3. The Labute approximate surface area is 86.7 Å². The van der Waals surface area contributed by atoms with Crippen LogP contribution < -0.4 is 0 Å². The van der Waals surface area contributed by atoms with Crippen molar-refractivity contribution in [2.24, 2.45) is 23.7 Å². The molecule has 0 aliphatic heterocycles. The maximum atomic E-state index is 12.0. The molecule has 2 nitrogen and oxygen atoms in total. The van der Waals surface area contributed by atoms with Crippen molar-refractivity contribution in [1.29, 1.82) is 0 Å². The van der Waals surface area contributed by atoms with Gasteiger partial charge in [0, 0.05) is 19.5 Å². The molecule has 0 aromatic carbocycles. The van der Waals surface area contributed by atoms with Crippen LogP contribution in [0.1, 0.15) is 33.1 Å². The molecule has 2 fully saturated rings. The number of hydrogen-bond donors (Lipinski definition) is 0. The summed E-state index contributed by atoms with van der Waals surface area (Å²) < 4.78 is 0. The summed E-state index contributed by atoms with van der Waals surface area (Å²) in [6.45, 7) is 5.23. The van der Waals surface area contributed by atoms with E-state index in [1.165, 1.54) is 19.3 Å². The summed E-state index contributed by atoms with van der Waals surface area (Å²) in [5, 5.41) is 0. The Kier molecular flexibility index (Phi) is 2.54. The SMILES string of the molecule is CC(C)CN(C)C(=O)C1CC2CC2C1. The van der Waals surface area contributed by atoms with Crippen LogP contribution in [0.25, 0.3) is 0 Å². The molecule has 2 heteroatoms. The molecule has 0 heterocycles. The summed E-state index contributed by atoms with van der Waals surface area (Å²) in [4.78, 5) is 13.9. The van der Waals surface area contributed by atoms with Gasteiger partial charge in [0.2, 0.25) is 5.91 Å². The van der Waals surface area contributed by atoms with E-state index in [-0.39, 0.29) is 0 Å². The van der Waals surface area contributed by atoms with E-state index in [1.807, 2.05) is 11.9 Å². The van der Waals surface area contributed by atoms with Crippen molar-refractivity contribution in [2.75, 3.05) is 13.6 Å². The molecule has 2 atom stereocenters. The molecule has 2 saturated carbocycles. The average Bonchev–Trinajstić information content (AvgIpc) is 2.71. The molecule has 0 bridgehead atoms. The first-order valence-corrected chi connectivity index (χ1v) is 5.83. The lowest BCUT2D eigenvalue weighted by molar-refractivity contribution is -0.134. The second kappa shape index (κ2) is 3.56. The zero-order valence-corrected chi connectivity index (χ0v) is 9.49. The third-order valence-corrected chi connectivity index (χ3v) is 3.61. The van der Waals surface area contributed by atoms with Gasteiger partial charge in [-0.3, -0.25) is 4.79 Å². The lowest BCUT2D eigenvalue weighted by Crippen LogP contribution is -2.34. The van der Waals surface area contributed by atoms with Gasteiger partial charge in [-0.25, -0.2) is 0 Å². The van der Waals surface area contributed by atoms with Crippen LogP contribution in [0.3, 0.4) is 0 Å². The molecule has 0 saturated heterocycles. The van der Waals surface area contributed by atoms with Crippen molar-refractivity contribution in [3.8, 4) is 0 Å². The molecule has 2 unspecified atom stereocenters. The Morgan fingerprint density at radius 1 is 1.29 bits per heavy atom. The Balaban J connectivity index is 1.82. The second-order valence-corrected chi connectivity index (χ2v) is 5.54. The van der Waals surface area contributed by atoms with E-state index in [1.54, 1.807) is 0 Å². The van der Waals surface area contributed by atoms with E-state index in [9.17, 15) is 4.79 Å². The topological polar surface area (TPSA) is 20.3 Å². The van der Waals surface area contributed by atoms with Gasteiger partial charge in [0.05, 0.1) is 0 Å². The predicted octanol–water partition coefficient (Wildman–Crippen LogP) is 2.15. The largest absolute Gasteiger partial charge is 0.345 e. The zero-order valence-electron chi connectivity index (χ0n) is 9.49. The monoisotopic (exact) mass is 195 g/mol. The van der Waals surface area contributed by atoms with Crippen molar-refractivity contribution in [1.82, 2.24) is 4.90 Å². The highest BCUT2D eigenvalue weighted by Gasteiger charge is 2.48. The molecule has 0 aromatic rings. The van der Waals surface area contributed by atoms with Crippen LogP contribution >= 0.6 is 0 Å². The van der Waals surface area contributed by atoms with Crippen LogP contribution in [-0.4, -0.2) is 24.4 Å². The predicted molar refractivity (Wildman–Crippen MR) is 56.8 cm³/mol. The molecule has 2 rings (SSSR count). The third-order valence-electron chi connectivity index (χ3n) is 3.61. The number of amides is 1. The molecule has 2 aliphatic carbocycles. The molecule has 0 spiro atoms. The van der Waals surface area contributed by atoms with Crippen molar-refractivity contribution in [3.05, 3.63) is 0 Å². The Hall–Kier alpha value is -0.530. The fraction of sp³-hybridized carbons (Fsp3) is 0.917. The van der Waals surface area contributed by atoms with Gasteiger partial charge < -0.3 is 4.90 Å². The maximum Gasteiger partial charge on any atom is 0.225 e. The number of carbonyl (C=O) groups excluding carboxylic acids is 1. The number of carbonyl (C=O) groups is 1. The average molecular weight is 195 g/mol. The summed E-state index contributed by atoms with van der Waals surface area (Å²) in [7, 11) is 1.95. The minimum atomic E-state index is 0.363. The molecule has 0 radical (unpaired) electrons. The highest BCUT2D eigenvalue weighted by atomic mass is 16.2. The quantitative estimate of drug-likeness (QED) is 0.675. The number of rotatable bonds is 3. The van der Waals surface area contributed by atoms with Gasteiger partial charge in [-0.05, 0) is 37.0 Å². The minimum Gasteiger partial charge on any atom is -0.345 e. The Morgan fingerprint density at radius 2 is 1.86 bits per heavy atom. The van der Waals surface area contributed by atoms with Crippen LogP contribution in [0.15, 0.2) is 0 Å². The number of fused-ring (bicyclic) bond motifs is 1. The van der Waals surface area contributed by atoms with Crippen LogP contribution in [0.5, 0.6) is 0 Å². The van der Waals surface area contributed by atoms with Crippen LogP contribution in [0.4, 0.5) is 0 Å². The smallest absolute Gasteiger partial charge is 0.225 e. The lowest BCUT2D eigenvalue weighted by Gasteiger charge is -2.23. The fourth-order valence-corrected chi connectivity index (χ4v) is 2.87. The summed E-state index contributed by atoms with van der Waals surface area (Å²) in [6, 6.07) is 0. The second-order valence-electron chi connectivity index (χ2n) is 5.54. The van der Waals surface area contributed by atoms with Gasteiger partial charge in [0.1, 0.15) is 0 Å². The van der Waals surface area contributed by atoms with Gasteiger partial charge in [-0.15, -0.1) is 0 Å².